The lowest BCUT2D eigenvalue weighted by Gasteiger charge is -2.09. The molecule has 0 saturated carbocycles. The van der Waals surface area contributed by atoms with Gasteiger partial charge in [0, 0.05) is 16.1 Å². The van der Waals surface area contributed by atoms with Gasteiger partial charge in [0.2, 0.25) is 5.90 Å². The number of nitrogens with zero attached hydrogens (tertiary/aromatic N) is 1. The Morgan fingerprint density at radius 2 is 1.85 bits per heavy atom. The van der Waals surface area contributed by atoms with Crippen LogP contribution in [0.4, 0.5) is 0 Å². The lowest BCUT2D eigenvalue weighted by molar-refractivity contribution is -0.129. The van der Waals surface area contributed by atoms with Crippen LogP contribution in [0.1, 0.15) is 43.7 Å². The third-order valence-electron chi connectivity index (χ3n) is 4.18. The van der Waals surface area contributed by atoms with Gasteiger partial charge in [0.1, 0.15) is 5.75 Å². The van der Waals surface area contributed by atoms with Crippen LogP contribution in [0.5, 0.6) is 5.75 Å². The van der Waals surface area contributed by atoms with E-state index in [9.17, 15) is 4.79 Å². The van der Waals surface area contributed by atoms with Gasteiger partial charge in [0.15, 0.2) is 5.70 Å². The summed E-state index contributed by atoms with van der Waals surface area (Å²) < 4.78 is 11.2. The first kappa shape index (κ1) is 19.2. The third kappa shape index (κ3) is 5.20. The van der Waals surface area contributed by atoms with E-state index in [0.29, 0.717) is 17.2 Å². The molecule has 1 aliphatic heterocycles. The van der Waals surface area contributed by atoms with Gasteiger partial charge in [-0.3, -0.25) is 0 Å². The van der Waals surface area contributed by atoms with Crippen LogP contribution in [0, 0.1) is 0 Å². The summed E-state index contributed by atoms with van der Waals surface area (Å²) in [5, 5.41) is 0.615. The highest BCUT2D eigenvalue weighted by atomic mass is 35.5. The van der Waals surface area contributed by atoms with E-state index in [-0.39, 0.29) is 11.6 Å². The van der Waals surface area contributed by atoms with Crippen LogP contribution in [0.25, 0.3) is 6.08 Å². The smallest absolute Gasteiger partial charge is 0.363 e. The molecule has 3 rings (SSSR count). The summed E-state index contributed by atoms with van der Waals surface area (Å²) in [7, 11) is 0. The number of esters is 1. The molecule has 0 atom stereocenters. The lowest BCUT2D eigenvalue weighted by Crippen LogP contribution is -2.05. The van der Waals surface area contributed by atoms with Gasteiger partial charge in [-0.05, 0) is 42.8 Å². The number of carbonyl (C=O) groups is 1. The summed E-state index contributed by atoms with van der Waals surface area (Å²) in [5.41, 5.74) is 1.76. The van der Waals surface area contributed by atoms with E-state index in [1.54, 1.807) is 30.3 Å². The Kier molecular flexibility index (Phi) is 6.66. The fraction of sp³-hybridized carbons (Fsp3) is 0.273. The molecule has 0 spiro atoms. The molecule has 4 nitrogen and oxygen atoms in total. The van der Waals surface area contributed by atoms with Gasteiger partial charge in [0.05, 0.1) is 6.61 Å². The summed E-state index contributed by atoms with van der Waals surface area (Å²) in [6.07, 6.45) is 6.27. The third-order valence-corrected chi connectivity index (χ3v) is 4.43. The normalized spacial score (nSPS) is 15.0. The number of para-hydroxylation sites is 1. The molecule has 0 aliphatic carbocycles. The predicted molar refractivity (Wildman–Crippen MR) is 108 cm³/mol. The van der Waals surface area contributed by atoms with Gasteiger partial charge in [-0.25, -0.2) is 9.79 Å². The van der Waals surface area contributed by atoms with Crippen molar-refractivity contribution in [3.8, 4) is 5.75 Å². The standard InChI is InChI=1S/C22H22ClNO3/c1-2-3-4-7-14-26-20-9-6-5-8-17(20)15-19-22(25)27-21(24-19)16-10-12-18(23)13-11-16/h5-6,8-13,15H,2-4,7,14H2,1H3/b19-15+. The summed E-state index contributed by atoms with van der Waals surface area (Å²) in [6, 6.07) is 14.6. The Morgan fingerprint density at radius 1 is 1.07 bits per heavy atom. The van der Waals surface area contributed by atoms with Gasteiger partial charge in [-0.2, -0.15) is 0 Å². The monoisotopic (exact) mass is 383 g/mol. The molecule has 0 radical (unpaired) electrons. The molecular weight excluding hydrogens is 362 g/mol. The SMILES string of the molecule is CCCCCCOc1ccccc1/C=C1/N=C(c2ccc(Cl)cc2)OC1=O. The summed E-state index contributed by atoms with van der Waals surface area (Å²) in [4.78, 5) is 16.5. The van der Waals surface area contributed by atoms with Crippen molar-refractivity contribution in [2.45, 2.75) is 32.6 Å². The molecular formula is C22H22ClNO3. The minimum Gasteiger partial charge on any atom is -0.493 e. The lowest BCUT2D eigenvalue weighted by atomic mass is 10.1. The Labute approximate surface area is 164 Å². The highest BCUT2D eigenvalue weighted by Gasteiger charge is 2.24. The molecule has 0 fully saturated rings. The van der Waals surface area contributed by atoms with Gasteiger partial charge in [-0.15, -0.1) is 0 Å². The Morgan fingerprint density at radius 3 is 2.63 bits per heavy atom. The van der Waals surface area contributed by atoms with E-state index in [2.05, 4.69) is 11.9 Å². The topological polar surface area (TPSA) is 47.9 Å². The predicted octanol–water partition coefficient (Wildman–Crippen LogP) is 5.64. The van der Waals surface area contributed by atoms with Crippen LogP contribution in [0.2, 0.25) is 5.02 Å². The number of unbranched alkanes of at least 4 members (excludes halogenated alkanes) is 3. The average Bonchev–Trinajstić information content (AvgIpc) is 3.04. The Bertz CT molecular complexity index is 856. The molecule has 2 aromatic carbocycles. The average molecular weight is 384 g/mol. The molecule has 0 amide bonds. The quantitative estimate of drug-likeness (QED) is 0.336. The molecule has 2 aromatic rings. The van der Waals surface area contributed by atoms with E-state index in [4.69, 9.17) is 21.1 Å². The molecule has 1 aliphatic rings. The largest absolute Gasteiger partial charge is 0.493 e. The van der Waals surface area contributed by atoms with E-state index in [1.165, 1.54) is 12.8 Å². The highest BCUT2D eigenvalue weighted by Crippen LogP contribution is 2.25. The second-order valence-electron chi connectivity index (χ2n) is 6.29. The van der Waals surface area contributed by atoms with Crippen LogP contribution in [0.3, 0.4) is 0 Å². The van der Waals surface area contributed by atoms with Gasteiger partial charge < -0.3 is 9.47 Å². The fourth-order valence-electron chi connectivity index (χ4n) is 2.71. The Balaban J connectivity index is 1.75. The summed E-state index contributed by atoms with van der Waals surface area (Å²) in [6.45, 7) is 2.84. The summed E-state index contributed by atoms with van der Waals surface area (Å²) in [5.74, 6) is 0.544. The molecule has 27 heavy (non-hydrogen) atoms. The molecule has 0 unspecified atom stereocenters. The van der Waals surface area contributed by atoms with Gasteiger partial charge in [0.25, 0.3) is 0 Å². The number of hydrogen-bond acceptors (Lipinski definition) is 4. The summed E-state index contributed by atoms with van der Waals surface area (Å²) >= 11 is 5.90. The van der Waals surface area contributed by atoms with Crippen LogP contribution in [-0.4, -0.2) is 18.5 Å². The van der Waals surface area contributed by atoms with E-state index >= 15 is 0 Å². The number of cyclic esters (lactones) is 1. The van der Waals surface area contributed by atoms with Crippen molar-refractivity contribution in [3.05, 3.63) is 70.4 Å². The number of benzene rings is 2. The minimum absolute atomic E-state index is 0.252. The molecule has 140 valence electrons. The fourth-order valence-corrected chi connectivity index (χ4v) is 2.84. The zero-order valence-electron chi connectivity index (χ0n) is 15.3. The van der Waals surface area contributed by atoms with E-state index in [1.807, 2.05) is 24.3 Å². The first-order chi connectivity index (χ1) is 13.2. The maximum absolute atomic E-state index is 12.2. The highest BCUT2D eigenvalue weighted by molar-refractivity contribution is 6.30. The van der Waals surface area contributed by atoms with Crippen molar-refractivity contribution in [2.24, 2.45) is 4.99 Å². The molecule has 5 heteroatoms. The minimum atomic E-state index is -0.474. The zero-order chi connectivity index (χ0) is 19.1. The van der Waals surface area contributed by atoms with Crippen molar-refractivity contribution in [2.75, 3.05) is 6.61 Å². The van der Waals surface area contributed by atoms with Crippen molar-refractivity contribution in [3.63, 3.8) is 0 Å². The number of carbonyl (C=O) groups excluding carboxylic acids is 1. The second kappa shape index (κ2) is 9.38. The zero-order valence-corrected chi connectivity index (χ0v) is 16.0. The van der Waals surface area contributed by atoms with Crippen molar-refractivity contribution < 1.29 is 14.3 Å². The molecule has 0 N–H and O–H groups in total. The molecule has 1 heterocycles. The first-order valence-corrected chi connectivity index (χ1v) is 9.55. The molecule has 0 saturated heterocycles. The van der Waals surface area contributed by atoms with Crippen LogP contribution < -0.4 is 4.74 Å². The van der Waals surface area contributed by atoms with Crippen LogP contribution in [-0.2, 0) is 9.53 Å². The molecule has 0 aromatic heterocycles. The van der Waals surface area contributed by atoms with Crippen molar-refractivity contribution >= 4 is 29.5 Å². The number of aliphatic imine (C=N–C) groups is 1. The van der Waals surface area contributed by atoms with Crippen molar-refractivity contribution in [1.82, 2.24) is 0 Å². The van der Waals surface area contributed by atoms with Crippen LogP contribution in [0.15, 0.2) is 59.2 Å². The second-order valence-corrected chi connectivity index (χ2v) is 6.73. The maximum atomic E-state index is 12.2. The number of rotatable bonds is 8. The number of ether oxygens (including phenoxy) is 2. The van der Waals surface area contributed by atoms with E-state index < -0.39 is 5.97 Å². The van der Waals surface area contributed by atoms with E-state index in [0.717, 1.165) is 24.2 Å². The Hall–Kier alpha value is -2.59. The van der Waals surface area contributed by atoms with Gasteiger partial charge in [-0.1, -0.05) is 56.0 Å². The van der Waals surface area contributed by atoms with Crippen LogP contribution >= 0.6 is 11.6 Å². The van der Waals surface area contributed by atoms with Gasteiger partial charge >= 0.3 is 5.97 Å². The first-order valence-electron chi connectivity index (χ1n) is 9.17. The molecule has 0 bridgehead atoms. The number of hydrogen-bond donors (Lipinski definition) is 0. The maximum Gasteiger partial charge on any atom is 0.363 e. The van der Waals surface area contributed by atoms with Crippen molar-refractivity contribution in [1.29, 1.82) is 0 Å². The number of halogens is 1.